The van der Waals surface area contributed by atoms with Crippen LogP contribution in [0.4, 0.5) is 0 Å². The van der Waals surface area contributed by atoms with E-state index in [2.05, 4.69) is 22.0 Å². The van der Waals surface area contributed by atoms with Gasteiger partial charge >= 0.3 is 74.8 Å². The standard InChI is InChI=1S/C9H13IO/c1-7-4-5-8(10(2)3)9(11)6-7/h4-6,11H,1-3H3. The van der Waals surface area contributed by atoms with E-state index in [0.29, 0.717) is 5.75 Å². The number of phenols is 1. The van der Waals surface area contributed by atoms with Crippen molar-refractivity contribution in [1.29, 1.82) is 0 Å². The summed E-state index contributed by atoms with van der Waals surface area (Å²) < 4.78 is 1.18. The minimum atomic E-state index is -0.997. The van der Waals surface area contributed by atoms with Gasteiger partial charge in [0.05, 0.1) is 0 Å². The van der Waals surface area contributed by atoms with Gasteiger partial charge in [0.15, 0.2) is 0 Å². The second-order valence-electron chi connectivity index (χ2n) is 2.71. The SMILES string of the molecule is Cc1ccc(I(C)C)c(O)c1. The molecule has 0 aliphatic rings. The van der Waals surface area contributed by atoms with E-state index in [-0.39, 0.29) is 0 Å². The van der Waals surface area contributed by atoms with Crippen LogP contribution in [-0.2, 0) is 0 Å². The summed E-state index contributed by atoms with van der Waals surface area (Å²) >= 11 is -0.997. The number of aryl methyl sites for hydroxylation is 1. The molecule has 0 aromatic heterocycles. The van der Waals surface area contributed by atoms with Crippen LogP contribution in [-0.4, -0.2) is 15.0 Å². The Bertz CT molecular complexity index is 256. The van der Waals surface area contributed by atoms with Gasteiger partial charge in [-0.05, 0) is 0 Å². The number of rotatable bonds is 1. The Balaban J connectivity index is 3.09. The summed E-state index contributed by atoms with van der Waals surface area (Å²) in [7, 11) is 0. The molecule has 1 aromatic carbocycles. The summed E-state index contributed by atoms with van der Waals surface area (Å²) in [4.78, 5) is 4.46. The van der Waals surface area contributed by atoms with Gasteiger partial charge in [-0.15, -0.1) is 0 Å². The second kappa shape index (κ2) is 3.43. The second-order valence-corrected chi connectivity index (χ2v) is 8.19. The molecule has 0 saturated heterocycles. The van der Waals surface area contributed by atoms with Gasteiger partial charge in [-0.1, -0.05) is 0 Å². The van der Waals surface area contributed by atoms with E-state index in [1.807, 2.05) is 13.0 Å². The number of hydrogen-bond acceptors (Lipinski definition) is 1. The van der Waals surface area contributed by atoms with Gasteiger partial charge in [0.1, 0.15) is 0 Å². The number of aromatic hydroxyl groups is 1. The molecule has 2 heteroatoms. The van der Waals surface area contributed by atoms with Crippen molar-refractivity contribution in [3.05, 3.63) is 27.3 Å². The van der Waals surface area contributed by atoms with Gasteiger partial charge in [-0.2, -0.15) is 0 Å². The molecule has 0 saturated carbocycles. The molecule has 62 valence electrons. The first-order valence-electron chi connectivity index (χ1n) is 3.41. The van der Waals surface area contributed by atoms with Crippen LogP contribution in [0, 0.1) is 10.5 Å². The summed E-state index contributed by atoms with van der Waals surface area (Å²) in [6.07, 6.45) is 0. The van der Waals surface area contributed by atoms with Crippen molar-refractivity contribution in [2.45, 2.75) is 6.92 Å². The Labute approximate surface area is 74.8 Å². The van der Waals surface area contributed by atoms with Crippen molar-refractivity contribution in [3.63, 3.8) is 0 Å². The molecule has 0 atom stereocenters. The predicted octanol–water partition coefficient (Wildman–Crippen LogP) is 2.64. The summed E-state index contributed by atoms with van der Waals surface area (Å²) in [6, 6.07) is 5.95. The van der Waals surface area contributed by atoms with Crippen LogP contribution >= 0.6 is 19.8 Å². The van der Waals surface area contributed by atoms with Gasteiger partial charge in [0.2, 0.25) is 0 Å². The van der Waals surface area contributed by atoms with Crippen LogP contribution in [0.2, 0.25) is 0 Å². The molecule has 0 aliphatic carbocycles. The molecule has 0 amide bonds. The molecule has 0 unspecified atom stereocenters. The fraction of sp³-hybridized carbons (Fsp3) is 0.333. The number of alkyl halides is 2. The van der Waals surface area contributed by atoms with Crippen LogP contribution in [0.25, 0.3) is 0 Å². The fourth-order valence-electron chi connectivity index (χ4n) is 0.942. The monoisotopic (exact) mass is 264 g/mol. The van der Waals surface area contributed by atoms with Crippen LogP contribution in [0.3, 0.4) is 0 Å². The summed E-state index contributed by atoms with van der Waals surface area (Å²) in [5.41, 5.74) is 1.13. The Hall–Kier alpha value is -0.250. The predicted molar refractivity (Wildman–Crippen MR) is 57.4 cm³/mol. The summed E-state index contributed by atoms with van der Waals surface area (Å²) in [5.74, 6) is 0.486. The number of benzene rings is 1. The molecule has 1 rings (SSSR count). The molecular formula is C9H13IO. The van der Waals surface area contributed by atoms with Crippen molar-refractivity contribution >= 4 is 19.8 Å². The first kappa shape index (κ1) is 8.84. The Morgan fingerprint density at radius 1 is 1.27 bits per heavy atom. The van der Waals surface area contributed by atoms with Gasteiger partial charge in [0.25, 0.3) is 0 Å². The zero-order valence-electron chi connectivity index (χ0n) is 7.06. The third kappa shape index (κ3) is 2.09. The fourth-order valence-corrected chi connectivity index (χ4v) is 3.10. The quantitative estimate of drug-likeness (QED) is 0.610. The minimum absolute atomic E-state index is 0.486. The Morgan fingerprint density at radius 3 is 2.36 bits per heavy atom. The molecule has 11 heavy (non-hydrogen) atoms. The normalized spacial score (nSPS) is 11.4. The van der Waals surface area contributed by atoms with Gasteiger partial charge in [-0.3, -0.25) is 0 Å². The molecule has 1 N–H and O–H groups in total. The maximum atomic E-state index is 9.50. The van der Waals surface area contributed by atoms with Crippen molar-refractivity contribution in [2.24, 2.45) is 0 Å². The van der Waals surface area contributed by atoms with Gasteiger partial charge in [-0.25, -0.2) is 0 Å². The Morgan fingerprint density at radius 2 is 1.91 bits per heavy atom. The first-order chi connectivity index (χ1) is 5.11. The van der Waals surface area contributed by atoms with Crippen molar-refractivity contribution in [3.8, 4) is 5.75 Å². The van der Waals surface area contributed by atoms with Crippen molar-refractivity contribution in [1.82, 2.24) is 0 Å². The van der Waals surface area contributed by atoms with Crippen molar-refractivity contribution < 1.29 is 5.11 Å². The molecule has 0 radical (unpaired) electrons. The number of phenolic OH excluding ortho intramolecular Hbond substituents is 1. The molecule has 0 bridgehead atoms. The molecule has 0 spiro atoms. The first-order valence-corrected chi connectivity index (χ1v) is 8.80. The topological polar surface area (TPSA) is 20.2 Å². The van der Waals surface area contributed by atoms with Crippen LogP contribution in [0.15, 0.2) is 18.2 Å². The molecule has 0 aliphatic heterocycles. The molecule has 0 fully saturated rings. The van der Waals surface area contributed by atoms with E-state index in [9.17, 15) is 5.11 Å². The van der Waals surface area contributed by atoms with E-state index < -0.39 is 19.8 Å². The van der Waals surface area contributed by atoms with Gasteiger partial charge in [0, 0.05) is 0 Å². The molecular weight excluding hydrogens is 251 g/mol. The van der Waals surface area contributed by atoms with Crippen LogP contribution < -0.4 is 0 Å². The third-order valence-corrected chi connectivity index (χ3v) is 4.75. The molecule has 1 nitrogen and oxygen atoms in total. The summed E-state index contributed by atoms with van der Waals surface area (Å²) in [5, 5.41) is 9.50. The number of halogens is 1. The zero-order valence-corrected chi connectivity index (χ0v) is 9.21. The average molecular weight is 264 g/mol. The molecule has 0 heterocycles. The molecule has 1 aromatic rings. The average Bonchev–Trinajstić information content (AvgIpc) is 1.85. The van der Waals surface area contributed by atoms with E-state index >= 15 is 0 Å². The van der Waals surface area contributed by atoms with Gasteiger partial charge < -0.3 is 0 Å². The maximum absolute atomic E-state index is 9.50. The van der Waals surface area contributed by atoms with E-state index in [1.165, 1.54) is 3.57 Å². The Kier molecular flexibility index (Phi) is 2.76. The van der Waals surface area contributed by atoms with Crippen LogP contribution in [0.5, 0.6) is 5.75 Å². The van der Waals surface area contributed by atoms with E-state index in [4.69, 9.17) is 0 Å². The van der Waals surface area contributed by atoms with E-state index in [0.717, 1.165) is 5.56 Å². The van der Waals surface area contributed by atoms with Crippen molar-refractivity contribution in [2.75, 3.05) is 9.86 Å². The zero-order chi connectivity index (χ0) is 8.43. The number of hydrogen-bond donors (Lipinski definition) is 1. The van der Waals surface area contributed by atoms with Crippen LogP contribution in [0.1, 0.15) is 5.56 Å². The van der Waals surface area contributed by atoms with E-state index in [1.54, 1.807) is 0 Å². The third-order valence-electron chi connectivity index (χ3n) is 1.51. The summed E-state index contributed by atoms with van der Waals surface area (Å²) in [6.45, 7) is 1.99.